The maximum Gasteiger partial charge on any atom is 0.321 e. The molecule has 1 N–H and O–H groups in total. The Hall–Kier alpha value is -2.04. The van der Waals surface area contributed by atoms with Crippen molar-refractivity contribution in [2.45, 2.75) is 19.3 Å². The standard InChI is InChI=1S/C16H21N3O2/c20-15(13-5-4-6-13)18-9-11-19(12-10-18)16(21)17-14-7-2-1-3-8-14/h1-3,7-8,13H,4-6,9-12H2,(H,17,21). The number of amides is 3. The second-order valence-electron chi connectivity index (χ2n) is 5.74. The monoisotopic (exact) mass is 287 g/mol. The summed E-state index contributed by atoms with van der Waals surface area (Å²) in [4.78, 5) is 28.0. The number of rotatable bonds is 2. The Balaban J connectivity index is 1.48. The summed E-state index contributed by atoms with van der Waals surface area (Å²) in [6.45, 7) is 2.52. The summed E-state index contributed by atoms with van der Waals surface area (Å²) < 4.78 is 0. The van der Waals surface area contributed by atoms with Gasteiger partial charge in [0.2, 0.25) is 5.91 Å². The number of nitrogens with one attached hydrogen (secondary N) is 1. The molecule has 1 saturated heterocycles. The van der Waals surface area contributed by atoms with Crippen LogP contribution >= 0.6 is 0 Å². The first-order chi connectivity index (χ1) is 10.2. The van der Waals surface area contributed by atoms with Gasteiger partial charge in [0.1, 0.15) is 0 Å². The fraction of sp³-hybridized carbons (Fsp3) is 0.500. The van der Waals surface area contributed by atoms with Gasteiger partial charge in [0, 0.05) is 37.8 Å². The number of hydrogen-bond acceptors (Lipinski definition) is 2. The van der Waals surface area contributed by atoms with E-state index in [9.17, 15) is 9.59 Å². The van der Waals surface area contributed by atoms with E-state index in [1.807, 2.05) is 35.2 Å². The van der Waals surface area contributed by atoms with Crippen LogP contribution in [0.25, 0.3) is 0 Å². The van der Waals surface area contributed by atoms with E-state index in [0.717, 1.165) is 18.5 Å². The van der Waals surface area contributed by atoms with Crippen LogP contribution in [0.15, 0.2) is 30.3 Å². The van der Waals surface area contributed by atoms with Gasteiger partial charge in [0.25, 0.3) is 0 Å². The van der Waals surface area contributed by atoms with E-state index in [2.05, 4.69) is 5.32 Å². The van der Waals surface area contributed by atoms with E-state index in [4.69, 9.17) is 0 Å². The van der Waals surface area contributed by atoms with E-state index in [0.29, 0.717) is 26.2 Å². The minimum Gasteiger partial charge on any atom is -0.339 e. The number of piperazine rings is 1. The zero-order chi connectivity index (χ0) is 14.7. The molecule has 0 atom stereocenters. The SMILES string of the molecule is O=C(Nc1ccccc1)N1CCN(C(=O)C2CCC2)CC1. The quantitative estimate of drug-likeness (QED) is 0.906. The molecule has 21 heavy (non-hydrogen) atoms. The van der Waals surface area contributed by atoms with Gasteiger partial charge < -0.3 is 15.1 Å². The van der Waals surface area contributed by atoms with Gasteiger partial charge in [-0.25, -0.2) is 4.79 Å². The zero-order valence-electron chi connectivity index (χ0n) is 12.1. The third-order valence-electron chi connectivity index (χ3n) is 4.36. The van der Waals surface area contributed by atoms with E-state index in [-0.39, 0.29) is 17.9 Å². The second kappa shape index (κ2) is 6.16. The van der Waals surface area contributed by atoms with E-state index >= 15 is 0 Å². The minimum atomic E-state index is -0.0862. The normalized spacial score (nSPS) is 19.0. The van der Waals surface area contributed by atoms with Crippen molar-refractivity contribution in [3.8, 4) is 0 Å². The van der Waals surface area contributed by atoms with Crippen LogP contribution in [0.5, 0.6) is 0 Å². The van der Waals surface area contributed by atoms with Crippen molar-refractivity contribution in [3.63, 3.8) is 0 Å². The average molecular weight is 287 g/mol. The van der Waals surface area contributed by atoms with Gasteiger partial charge in [-0.3, -0.25) is 4.79 Å². The lowest BCUT2D eigenvalue weighted by Gasteiger charge is -2.38. The largest absolute Gasteiger partial charge is 0.339 e. The highest BCUT2D eigenvalue weighted by Gasteiger charge is 2.31. The van der Waals surface area contributed by atoms with Crippen molar-refractivity contribution in [2.75, 3.05) is 31.5 Å². The first-order valence-electron chi connectivity index (χ1n) is 7.64. The van der Waals surface area contributed by atoms with Crippen molar-refractivity contribution >= 4 is 17.6 Å². The Morgan fingerprint density at radius 3 is 2.14 bits per heavy atom. The molecule has 5 nitrogen and oxygen atoms in total. The van der Waals surface area contributed by atoms with E-state index in [1.165, 1.54) is 6.42 Å². The molecule has 3 rings (SSSR count). The van der Waals surface area contributed by atoms with Crippen molar-refractivity contribution < 1.29 is 9.59 Å². The summed E-state index contributed by atoms with van der Waals surface area (Å²) in [5.74, 6) is 0.527. The zero-order valence-corrected chi connectivity index (χ0v) is 12.1. The molecule has 0 bridgehead atoms. The summed E-state index contributed by atoms with van der Waals surface area (Å²) >= 11 is 0. The lowest BCUT2D eigenvalue weighted by molar-refractivity contribution is -0.139. The highest BCUT2D eigenvalue weighted by molar-refractivity contribution is 5.89. The third kappa shape index (κ3) is 3.17. The van der Waals surface area contributed by atoms with Crippen molar-refractivity contribution in [2.24, 2.45) is 5.92 Å². The Labute approximate surface area is 124 Å². The fourth-order valence-electron chi connectivity index (χ4n) is 2.77. The Bertz CT molecular complexity index is 506. The first kappa shape index (κ1) is 13.9. The summed E-state index contributed by atoms with van der Waals surface area (Å²) in [7, 11) is 0. The van der Waals surface area contributed by atoms with Gasteiger partial charge in [-0.2, -0.15) is 0 Å². The van der Waals surface area contributed by atoms with E-state index < -0.39 is 0 Å². The van der Waals surface area contributed by atoms with Crippen LogP contribution in [0.3, 0.4) is 0 Å². The number of carbonyl (C=O) groups excluding carboxylic acids is 2. The van der Waals surface area contributed by atoms with Gasteiger partial charge in [0.15, 0.2) is 0 Å². The van der Waals surface area contributed by atoms with Crippen LogP contribution in [-0.2, 0) is 4.79 Å². The molecule has 1 aromatic carbocycles. The van der Waals surface area contributed by atoms with Crippen molar-refractivity contribution in [3.05, 3.63) is 30.3 Å². The maximum atomic E-state index is 12.2. The number of para-hydroxylation sites is 1. The van der Waals surface area contributed by atoms with Crippen molar-refractivity contribution in [1.29, 1.82) is 0 Å². The number of urea groups is 1. The summed E-state index contributed by atoms with van der Waals surface area (Å²) in [6.07, 6.45) is 3.25. The predicted molar refractivity (Wildman–Crippen MR) is 81.0 cm³/mol. The topological polar surface area (TPSA) is 52.7 Å². The molecule has 1 heterocycles. The molecule has 0 radical (unpaired) electrons. The van der Waals surface area contributed by atoms with Crippen LogP contribution in [0, 0.1) is 5.92 Å². The van der Waals surface area contributed by atoms with Crippen LogP contribution in [0.4, 0.5) is 10.5 Å². The predicted octanol–water partition coefficient (Wildman–Crippen LogP) is 2.16. The van der Waals surface area contributed by atoms with Crippen molar-refractivity contribution in [1.82, 2.24) is 9.80 Å². The lowest BCUT2D eigenvalue weighted by atomic mass is 9.84. The number of carbonyl (C=O) groups is 2. The van der Waals surface area contributed by atoms with Gasteiger partial charge in [-0.05, 0) is 25.0 Å². The minimum absolute atomic E-state index is 0.0862. The van der Waals surface area contributed by atoms with Gasteiger partial charge in [-0.15, -0.1) is 0 Å². The van der Waals surface area contributed by atoms with Gasteiger partial charge in [-0.1, -0.05) is 24.6 Å². The van der Waals surface area contributed by atoms with Gasteiger partial charge >= 0.3 is 6.03 Å². The second-order valence-corrected chi connectivity index (χ2v) is 5.74. The maximum absolute atomic E-state index is 12.2. The van der Waals surface area contributed by atoms with Gasteiger partial charge in [0.05, 0.1) is 0 Å². The smallest absolute Gasteiger partial charge is 0.321 e. The van der Waals surface area contributed by atoms with Crippen LogP contribution < -0.4 is 5.32 Å². The molecular weight excluding hydrogens is 266 g/mol. The van der Waals surface area contributed by atoms with E-state index in [1.54, 1.807) is 4.90 Å². The first-order valence-corrected chi connectivity index (χ1v) is 7.64. The summed E-state index contributed by atoms with van der Waals surface area (Å²) in [5, 5.41) is 2.88. The molecule has 1 aliphatic heterocycles. The molecule has 1 saturated carbocycles. The number of hydrogen-bond donors (Lipinski definition) is 1. The highest BCUT2D eigenvalue weighted by Crippen LogP contribution is 2.28. The Morgan fingerprint density at radius 2 is 1.57 bits per heavy atom. The fourth-order valence-corrected chi connectivity index (χ4v) is 2.77. The van der Waals surface area contributed by atoms with Crippen LogP contribution in [0.1, 0.15) is 19.3 Å². The lowest BCUT2D eigenvalue weighted by Crippen LogP contribution is -2.53. The molecule has 1 aromatic rings. The van der Waals surface area contributed by atoms with Crippen LogP contribution in [0.2, 0.25) is 0 Å². The third-order valence-corrected chi connectivity index (χ3v) is 4.36. The molecule has 5 heteroatoms. The number of nitrogens with zero attached hydrogens (tertiary/aromatic N) is 2. The number of anilines is 1. The molecule has 3 amide bonds. The average Bonchev–Trinajstić information content (AvgIpc) is 2.46. The molecule has 1 aliphatic carbocycles. The highest BCUT2D eigenvalue weighted by atomic mass is 16.2. The molecule has 0 spiro atoms. The molecule has 112 valence electrons. The summed E-state index contributed by atoms with van der Waals surface area (Å²) in [5.41, 5.74) is 0.801. The molecular formula is C16H21N3O2. The molecule has 2 aliphatic rings. The molecule has 0 aromatic heterocycles. The van der Waals surface area contributed by atoms with Crippen LogP contribution in [-0.4, -0.2) is 47.9 Å². The molecule has 0 unspecified atom stereocenters. The Morgan fingerprint density at radius 1 is 0.952 bits per heavy atom. The Kier molecular flexibility index (Phi) is 4.08. The number of benzene rings is 1. The summed E-state index contributed by atoms with van der Waals surface area (Å²) in [6, 6.07) is 9.36. The molecule has 2 fully saturated rings.